The summed E-state index contributed by atoms with van der Waals surface area (Å²) in [5.74, 6) is 0.733. The molecule has 1 aromatic carbocycles. The van der Waals surface area contributed by atoms with Crippen LogP contribution in [0.25, 0.3) is 0 Å². The minimum atomic E-state index is -0.427. The Morgan fingerprint density at radius 3 is 2.44 bits per heavy atom. The molecule has 18 heavy (non-hydrogen) atoms. The van der Waals surface area contributed by atoms with Gasteiger partial charge in [0.25, 0.3) is 0 Å². The Morgan fingerprint density at radius 2 is 1.83 bits per heavy atom. The smallest absolute Gasteiger partial charge is 0.317 e. The fourth-order valence-electron chi connectivity index (χ4n) is 2.29. The van der Waals surface area contributed by atoms with Gasteiger partial charge in [-0.15, -0.1) is 0 Å². The number of methoxy groups -OCH3 is 3. The first-order chi connectivity index (χ1) is 8.72. The number of ether oxygens (including phenoxy) is 3. The first-order valence-electron chi connectivity index (χ1n) is 5.71. The Kier molecular flexibility index (Phi) is 3.55. The number of benzene rings is 1. The quantitative estimate of drug-likeness (QED) is 0.607. The molecule has 0 fully saturated rings. The number of carbonyl (C=O) groups is 1. The zero-order chi connectivity index (χ0) is 13.1. The van der Waals surface area contributed by atoms with Gasteiger partial charge in [-0.2, -0.15) is 0 Å². The average Bonchev–Trinajstić information content (AvgIpc) is 2.44. The molecule has 0 amide bonds. The summed E-state index contributed by atoms with van der Waals surface area (Å²) < 4.78 is 15.5. The van der Waals surface area contributed by atoms with E-state index in [2.05, 4.69) is 0 Å². The van der Waals surface area contributed by atoms with Gasteiger partial charge in [0.15, 0.2) is 0 Å². The molecule has 0 spiro atoms. The van der Waals surface area contributed by atoms with Gasteiger partial charge in [0, 0.05) is 11.1 Å². The van der Waals surface area contributed by atoms with Gasteiger partial charge >= 0.3 is 5.97 Å². The molecule has 2 rings (SSSR count). The molecule has 1 aliphatic carbocycles. The summed E-state index contributed by atoms with van der Waals surface area (Å²) in [5.41, 5.74) is 1.82. The van der Waals surface area contributed by atoms with Crippen molar-refractivity contribution in [3.8, 4) is 11.5 Å². The molecule has 0 saturated heterocycles. The molecule has 0 aromatic heterocycles. The van der Waals surface area contributed by atoms with Crippen molar-refractivity contribution in [2.24, 2.45) is 0 Å². The van der Waals surface area contributed by atoms with Crippen molar-refractivity contribution in [3.63, 3.8) is 0 Å². The zero-order valence-electron chi connectivity index (χ0n) is 10.7. The van der Waals surface area contributed by atoms with E-state index < -0.39 is 5.92 Å². The van der Waals surface area contributed by atoms with Gasteiger partial charge in [0.05, 0.1) is 21.3 Å². The lowest BCUT2D eigenvalue weighted by Crippen LogP contribution is -2.18. The molecule has 0 heterocycles. The molecule has 1 aromatic rings. The molecular formula is C14H16O4. The molecular weight excluding hydrogens is 232 g/mol. The van der Waals surface area contributed by atoms with E-state index in [1.54, 1.807) is 14.2 Å². The van der Waals surface area contributed by atoms with E-state index in [-0.39, 0.29) is 5.97 Å². The normalized spacial score (nSPS) is 16.9. The van der Waals surface area contributed by atoms with Crippen LogP contribution < -0.4 is 9.47 Å². The number of hydrogen-bond acceptors (Lipinski definition) is 4. The molecule has 0 N–H and O–H groups in total. The monoisotopic (exact) mass is 248 g/mol. The number of rotatable bonds is 3. The fraction of sp³-hybridized carbons (Fsp3) is 0.357. The van der Waals surface area contributed by atoms with Crippen LogP contribution in [0.1, 0.15) is 17.0 Å². The Balaban J connectivity index is 2.59. The summed E-state index contributed by atoms with van der Waals surface area (Å²) in [6, 6.07) is 3.66. The maximum absolute atomic E-state index is 11.8. The van der Waals surface area contributed by atoms with Gasteiger partial charge in [0.1, 0.15) is 17.4 Å². The van der Waals surface area contributed by atoms with Gasteiger partial charge in [-0.3, -0.25) is 4.79 Å². The third-order valence-electron chi connectivity index (χ3n) is 3.13. The van der Waals surface area contributed by atoms with Crippen LogP contribution in [0.5, 0.6) is 11.5 Å². The Morgan fingerprint density at radius 1 is 1.17 bits per heavy atom. The number of carbonyl (C=O) groups excluding carboxylic acids is 1. The lowest BCUT2D eigenvalue weighted by Gasteiger charge is -2.23. The van der Waals surface area contributed by atoms with Crippen molar-refractivity contribution < 1.29 is 19.0 Å². The molecule has 1 aliphatic rings. The second-order valence-electron chi connectivity index (χ2n) is 4.00. The van der Waals surface area contributed by atoms with Gasteiger partial charge in [-0.05, 0) is 18.6 Å². The molecule has 96 valence electrons. The molecule has 0 saturated carbocycles. The SMILES string of the molecule is COC(=O)C1C=CCc2c(OC)ccc(OC)c21. The summed E-state index contributed by atoms with van der Waals surface area (Å²) in [5, 5.41) is 0. The third kappa shape index (κ3) is 1.94. The molecule has 1 atom stereocenters. The van der Waals surface area contributed by atoms with E-state index in [0.29, 0.717) is 5.75 Å². The minimum Gasteiger partial charge on any atom is -0.496 e. The minimum absolute atomic E-state index is 0.293. The van der Waals surface area contributed by atoms with Crippen LogP contribution in [0.3, 0.4) is 0 Å². The van der Waals surface area contributed by atoms with Crippen LogP contribution in [-0.4, -0.2) is 27.3 Å². The number of allylic oxidation sites excluding steroid dienone is 1. The standard InChI is InChI=1S/C14H16O4/c1-16-11-7-8-12(17-2)13-9(11)5-4-6-10(13)14(15)18-3/h4,6-8,10H,5H2,1-3H3. The Bertz CT molecular complexity index is 491. The highest BCUT2D eigenvalue weighted by molar-refractivity contribution is 5.83. The van der Waals surface area contributed by atoms with Crippen molar-refractivity contribution in [1.82, 2.24) is 0 Å². The second kappa shape index (κ2) is 5.12. The topological polar surface area (TPSA) is 44.8 Å². The summed E-state index contributed by atoms with van der Waals surface area (Å²) >= 11 is 0. The van der Waals surface area contributed by atoms with E-state index in [1.165, 1.54) is 7.11 Å². The highest BCUT2D eigenvalue weighted by Gasteiger charge is 2.29. The largest absolute Gasteiger partial charge is 0.496 e. The summed E-state index contributed by atoms with van der Waals surface area (Å²) in [6.07, 6.45) is 4.52. The van der Waals surface area contributed by atoms with Crippen LogP contribution in [0.15, 0.2) is 24.3 Å². The van der Waals surface area contributed by atoms with Gasteiger partial charge in [0.2, 0.25) is 0 Å². The number of hydrogen-bond donors (Lipinski definition) is 0. The van der Waals surface area contributed by atoms with E-state index in [9.17, 15) is 4.79 Å². The lowest BCUT2D eigenvalue weighted by atomic mass is 9.86. The molecule has 0 radical (unpaired) electrons. The van der Waals surface area contributed by atoms with Crippen molar-refractivity contribution in [3.05, 3.63) is 35.4 Å². The van der Waals surface area contributed by atoms with Crippen LogP contribution in [-0.2, 0) is 16.0 Å². The molecule has 0 bridgehead atoms. The van der Waals surface area contributed by atoms with E-state index >= 15 is 0 Å². The highest BCUT2D eigenvalue weighted by Crippen LogP contribution is 2.40. The number of fused-ring (bicyclic) bond motifs is 1. The van der Waals surface area contributed by atoms with Crippen LogP contribution >= 0.6 is 0 Å². The first kappa shape index (κ1) is 12.5. The third-order valence-corrected chi connectivity index (χ3v) is 3.13. The maximum atomic E-state index is 11.8. The van der Waals surface area contributed by atoms with Gasteiger partial charge in [-0.1, -0.05) is 12.2 Å². The molecule has 4 heteroatoms. The Hall–Kier alpha value is -1.97. The van der Waals surface area contributed by atoms with Crippen molar-refractivity contribution in [1.29, 1.82) is 0 Å². The lowest BCUT2D eigenvalue weighted by molar-refractivity contribution is -0.141. The molecule has 4 nitrogen and oxygen atoms in total. The van der Waals surface area contributed by atoms with Crippen LogP contribution in [0.4, 0.5) is 0 Å². The maximum Gasteiger partial charge on any atom is 0.317 e. The second-order valence-corrected chi connectivity index (χ2v) is 4.00. The zero-order valence-corrected chi connectivity index (χ0v) is 10.7. The summed E-state index contributed by atoms with van der Waals surface area (Å²) in [7, 11) is 4.60. The number of esters is 1. The Labute approximate surface area is 106 Å². The van der Waals surface area contributed by atoms with Gasteiger partial charge < -0.3 is 14.2 Å². The van der Waals surface area contributed by atoms with Crippen LogP contribution in [0, 0.1) is 0 Å². The molecule has 0 aliphatic heterocycles. The predicted molar refractivity (Wildman–Crippen MR) is 67.1 cm³/mol. The van der Waals surface area contributed by atoms with Crippen molar-refractivity contribution >= 4 is 5.97 Å². The first-order valence-corrected chi connectivity index (χ1v) is 5.71. The van der Waals surface area contributed by atoms with E-state index in [0.717, 1.165) is 23.3 Å². The van der Waals surface area contributed by atoms with Gasteiger partial charge in [-0.25, -0.2) is 0 Å². The fourth-order valence-corrected chi connectivity index (χ4v) is 2.29. The van der Waals surface area contributed by atoms with E-state index in [1.807, 2.05) is 24.3 Å². The highest BCUT2D eigenvalue weighted by atomic mass is 16.5. The molecule has 1 unspecified atom stereocenters. The summed E-state index contributed by atoms with van der Waals surface area (Å²) in [6.45, 7) is 0. The van der Waals surface area contributed by atoms with E-state index in [4.69, 9.17) is 14.2 Å². The summed E-state index contributed by atoms with van der Waals surface area (Å²) in [4.78, 5) is 11.8. The van der Waals surface area contributed by atoms with Crippen molar-refractivity contribution in [2.75, 3.05) is 21.3 Å². The van der Waals surface area contributed by atoms with Crippen LogP contribution in [0.2, 0.25) is 0 Å². The van der Waals surface area contributed by atoms with Crippen molar-refractivity contribution in [2.45, 2.75) is 12.3 Å². The average molecular weight is 248 g/mol. The predicted octanol–water partition coefficient (Wildman–Crippen LogP) is 2.07.